The molecule has 0 aliphatic carbocycles. The minimum Gasteiger partial charge on any atom is -0.321 e. The zero-order valence-corrected chi connectivity index (χ0v) is 11.3. The average Bonchev–Trinajstić information content (AvgIpc) is 2.31. The minimum absolute atomic E-state index is 0.0144. The van der Waals surface area contributed by atoms with Gasteiger partial charge in [0, 0.05) is 10.0 Å². The van der Waals surface area contributed by atoms with Gasteiger partial charge in [-0.15, -0.1) is 0 Å². The summed E-state index contributed by atoms with van der Waals surface area (Å²) >= 11 is 3.44. The van der Waals surface area contributed by atoms with Gasteiger partial charge in [0.25, 0.3) is 5.56 Å². The van der Waals surface area contributed by atoms with Gasteiger partial charge in [-0.05, 0) is 59.9 Å². The number of para-hydroxylation sites is 1. The van der Waals surface area contributed by atoms with Crippen LogP contribution in [-0.2, 0) is 6.42 Å². The zero-order chi connectivity index (χ0) is 12.3. The third-order valence-electron chi connectivity index (χ3n) is 2.78. The molecule has 2 rings (SSSR count). The molecule has 4 heteroatoms. The first-order valence-electron chi connectivity index (χ1n) is 5.67. The Morgan fingerprint density at radius 2 is 2.24 bits per heavy atom. The third-order valence-corrected chi connectivity index (χ3v) is 3.44. The van der Waals surface area contributed by atoms with Gasteiger partial charge in [-0.3, -0.25) is 4.79 Å². The maximum Gasteiger partial charge on any atom is 0.251 e. The molecule has 90 valence electrons. The fraction of sp³-hybridized carbons (Fsp3) is 0.308. The Hall–Kier alpha value is -1.13. The van der Waals surface area contributed by atoms with E-state index in [0.29, 0.717) is 0 Å². The smallest absolute Gasteiger partial charge is 0.251 e. The second kappa shape index (κ2) is 5.47. The normalized spacial score (nSPS) is 10.9. The number of aromatic amines is 1. The van der Waals surface area contributed by atoms with Gasteiger partial charge in [-0.2, -0.15) is 0 Å². The Bertz CT molecular complexity index is 577. The number of benzene rings is 1. The van der Waals surface area contributed by atoms with E-state index in [1.807, 2.05) is 31.3 Å². The number of halogens is 1. The minimum atomic E-state index is 0.0144. The van der Waals surface area contributed by atoms with Crippen LogP contribution in [0.4, 0.5) is 0 Å². The van der Waals surface area contributed by atoms with Crippen LogP contribution in [0.15, 0.2) is 33.5 Å². The number of aromatic nitrogens is 1. The molecule has 1 aromatic heterocycles. The molecule has 0 radical (unpaired) electrons. The van der Waals surface area contributed by atoms with E-state index in [2.05, 4.69) is 26.2 Å². The molecule has 0 amide bonds. The van der Waals surface area contributed by atoms with Gasteiger partial charge in [0.1, 0.15) is 0 Å². The van der Waals surface area contributed by atoms with E-state index >= 15 is 0 Å². The van der Waals surface area contributed by atoms with Crippen LogP contribution in [0.25, 0.3) is 10.9 Å². The summed E-state index contributed by atoms with van der Waals surface area (Å²) in [6, 6.07) is 7.90. The summed E-state index contributed by atoms with van der Waals surface area (Å²) in [4.78, 5) is 14.8. The molecule has 0 atom stereocenters. The highest BCUT2D eigenvalue weighted by molar-refractivity contribution is 9.10. The van der Waals surface area contributed by atoms with E-state index in [1.54, 1.807) is 0 Å². The second-order valence-electron chi connectivity index (χ2n) is 4.03. The maximum atomic E-state index is 11.9. The number of aryl methyl sites for hydroxylation is 1. The molecular weight excluding hydrogens is 280 g/mol. The van der Waals surface area contributed by atoms with Crippen molar-refractivity contribution >= 4 is 26.8 Å². The number of hydrogen-bond acceptors (Lipinski definition) is 2. The summed E-state index contributed by atoms with van der Waals surface area (Å²) in [5, 5.41) is 4.15. The number of nitrogens with one attached hydrogen (secondary N) is 2. The first-order chi connectivity index (χ1) is 8.22. The van der Waals surface area contributed by atoms with E-state index < -0.39 is 0 Å². The van der Waals surface area contributed by atoms with Gasteiger partial charge in [0.15, 0.2) is 0 Å². The Kier molecular flexibility index (Phi) is 3.97. The summed E-state index contributed by atoms with van der Waals surface area (Å²) in [6.45, 7) is 0.927. The van der Waals surface area contributed by atoms with Crippen molar-refractivity contribution in [3.05, 3.63) is 44.7 Å². The Morgan fingerprint density at radius 3 is 3.00 bits per heavy atom. The zero-order valence-electron chi connectivity index (χ0n) is 9.72. The van der Waals surface area contributed by atoms with Crippen LogP contribution in [-0.4, -0.2) is 18.6 Å². The standard InChI is InChI=1S/C13H15BrN2O/c1-15-7-3-5-10-8-9-4-2-6-11(14)12(9)16-13(10)17/h2,4,6,8,15H,3,5,7H2,1H3,(H,16,17). The molecule has 0 spiro atoms. The topological polar surface area (TPSA) is 44.9 Å². The third kappa shape index (κ3) is 2.76. The Labute approximate surface area is 108 Å². The van der Waals surface area contributed by atoms with Crippen molar-refractivity contribution in [1.29, 1.82) is 0 Å². The van der Waals surface area contributed by atoms with E-state index in [0.717, 1.165) is 40.3 Å². The maximum absolute atomic E-state index is 11.9. The summed E-state index contributed by atoms with van der Waals surface area (Å²) in [6.07, 6.45) is 1.78. The molecule has 1 heterocycles. The van der Waals surface area contributed by atoms with E-state index in [9.17, 15) is 4.79 Å². The molecule has 0 saturated heterocycles. The van der Waals surface area contributed by atoms with Crippen LogP contribution in [0.3, 0.4) is 0 Å². The SMILES string of the molecule is CNCCCc1cc2cccc(Br)c2[nH]c1=O. The Morgan fingerprint density at radius 1 is 1.41 bits per heavy atom. The highest BCUT2D eigenvalue weighted by atomic mass is 79.9. The summed E-state index contributed by atoms with van der Waals surface area (Å²) in [7, 11) is 1.92. The van der Waals surface area contributed by atoms with Crippen molar-refractivity contribution in [3.8, 4) is 0 Å². The van der Waals surface area contributed by atoms with Crippen LogP contribution in [0, 0.1) is 0 Å². The highest BCUT2D eigenvalue weighted by Crippen LogP contribution is 2.21. The molecule has 0 unspecified atom stereocenters. The molecule has 2 N–H and O–H groups in total. The molecule has 17 heavy (non-hydrogen) atoms. The average molecular weight is 295 g/mol. The largest absolute Gasteiger partial charge is 0.321 e. The van der Waals surface area contributed by atoms with Gasteiger partial charge < -0.3 is 10.3 Å². The predicted octanol–water partition coefficient (Wildman–Crippen LogP) is 2.44. The summed E-state index contributed by atoms with van der Waals surface area (Å²) in [5.41, 5.74) is 1.74. The fourth-order valence-corrected chi connectivity index (χ4v) is 2.36. The summed E-state index contributed by atoms with van der Waals surface area (Å²) < 4.78 is 0.925. The molecule has 0 bridgehead atoms. The quantitative estimate of drug-likeness (QED) is 0.851. The van der Waals surface area contributed by atoms with Crippen LogP contribution in [0.5, 0.6) is 0 Å². The van der Waals surface area contributed by atoms with Crippen LogP contribution in [0.2, 0.25) is 0 Å². The number of H-pyrrole nitrogens is 1. The van der Waals surface area contributed by atoms with Crippen LogP contribution >= 0.6 is 15.9 Å². The predicted molar refractivity (Wildman–Crippen MR) is 74.5 cm³/mol. The monoisotopic (exact) mass is 294 g/mol. The lowest BCUT2D eigenvalue weighted by atomic mass is 10.1. The molecule has 1 aromatic carbocycles. The van der Waals surface area contributed by atoms with Crippen molar-refractivity contribution in [1.82, 2.24) is 10.3 Å². The number of fused-ring (bicyclic) bond motifs is 1. The van der Waals surface area contributed by atoms with Gasteiger partial charge in [-0.1, -0.05) is 12.1 Å². The van der Waals surface area contributed by atoms with Gasteiger partial charge in [-0.25, -0.2) is 0 Å². The number of hydrogen-bond donors (Lipinski definition) is 2. The lowest BCUT2D eigenvalue weighted by molar-refractivity contribution is 0.721. The van der Waals surface area contributed by atoms with Crippen molar-refractivity contribution in [3.63, 3.8) is 0 Å². The van der Waals surface area contributed by atoms with Crippen molar-refractivity contribution in [2.75, 3.05) is 13.6 Å². The molecule has 2 aromatic rings. The van der Waals surface area contributed by atoms with E-state index in [4.69, 9.17) is 0 Å². The number of rotatable bonds is 4. The highest BCUT2D eigenvalue weighted by Gasteiger charge is 2.04. The van der Waals surface area contributed by atoms with Gasteiger partial charge in [0.05, 0.1) is 5.52 Å². The lowest BCUT2D eigenvalue weighted by Gasteiger charge is -2.04. The summed E-state index contributed by atoms with van der Waals surface area (Å²) in [5.74, 6) is 0. The van der Waals surface area contributed by atoms with Crippen LogP contribution < -0.4 is 10.9 Å². The molecule has 0 aliphatic heterocycles. The van der Waals surface area contributed by atoms with Gasteiger partial charge >= 0.3 is 0 Å². The number of pyridine rings is 1. The van der Waals surface area contributed by atoms with E-state index in [-0.39, 0.29) is 5.56 Å². The second-order valence-corrected chi connectivity index (χ2v) is 4.89. The lowest BCUT2D eigenvalue weighted by Crippen LogP contribution is -2.15. The van der Waals surface area contributed by atoms with Crippen LogP contribution in [0.1, 0.15) is 12.0 Å². The van der Waals surface area contributed by atoms with E-state index in [1.165, 1.54) is 0 Å². The molecule has 0 fully saturated rings. The van der Waals surface area contributed by atoms with Crippen molar-refractivity contribution in [2.45, 2.75) is 12.8 Å². The Balaban J connectivity index is 2.38. The molecule has 3 nitrogen and oxygen atoms in total. The fourth-order valence-electron chi connectivity index (χ4n) is 1.88. The first-order valence-corrected chi connectivity index (χ1v) is 6.46. The van der Waals surface area contributed by atoms with Gasteiger partial charge in [0.2, 0.25) is 0 Å². The molecule has 0 aliphatic rings. The molecular formula is C13H15BrN2O. The molecule has 0 saturated carbocycles. The van der Waals surface area contributed by atoms with Crippen molar-refractivity contribution < 1.29 is 0 Å². The first kappa shape index (κ1) is 12.3. The van der Waals surface area contributed by atoms with Crippen molar-refractivity contribution in [2.24, 2.45) is 0 Å².